The highest BCUT2D eigenvalue weighted by molar-refractivity contribution is 7.47. The lowest BCUT2D eigenvalue weighted by molar-refractivity contribution is -0.160. The molecule has 0 aliphatic rings. The monoisotopic (exact) mass is 577 g/mol. The number of carbonyl (C=O) groups excluding carboxylic acids is 2. The molecule has 0 heterocycles. The fourth-order valence-electron chi connectivity index (χ4n) is 3.29. The minimum absolute atomic E-state index is 0.141. The number of phosphoric acid groups is 1. The van der Waals surface area contributed by atoms with Gasteiger partial charge in [-0.1, -0.05) is 69.8 Å². The topological polar surface area (TPSA) is 172 Å². The molecule has 0 spiro atoms. The largest absolute Gasteiger partial charge is 0.480 e. The van der Waals surface area contributed by atoms with Gasteiger partial charge in [-0.2, -0.15) is 0 Å². The fraction of sp³-hybridized carbons (Fsp3) is 0.741. The zero-order chi connectivity index (χ0) is 29.4. The minimum atomic E-state index is -4.67. The highest BCUT2D eigenvalue weighted by Crippen LogP contribution is 2.43. The second-order valence-electron chi connectivity index (χ2n) is 9.25. The lowest BCUT2D eigenvalue weighted by Crippen LogP contribution is -2.34. The van der Waals surface area contributed by atoms with Crippen molar-refractivity contribution in [1.29, 1.82) is 0 Å². The van der Waals surface area contributed by atoms with Gasteiger partial charge in [-0.05, 0) is 38.5 Å². The SMILES string of the molecule is CCCCCC/C=C\C/C=C\CCCCCCCC(=O)OC(COC(C)=O)COP(=O)(O)OCC(N)C(=O)O. The van der Waals surface area contributed by atoms with Crippen LogP contribution in [0.4, 0.5) is 0 Å². The maximum absolute atomic E-state index is 12.2. The molecule has 11 nitrogen and oxygen atoms in total. The molecule has 4 N–H and O–H groups in total. The van der Waals surface area contributed by atoms with E-state index in [9.17, 15) is 23.8 Å². The van der Waals surface area contributed by atoms with E-state index in [1.165, 1.54) is 25.7 Å². The second kappa shape index (κ2) is 23.8. The number of hydrogen-bond donors (Lipinski definition) is 3. The molecule has 0 aliphatic carbocycles. The van der Waals surface area contributed by atoms with Gasteiger partial charge in [-0.3, -0.25) is 23.4 Å². The Morgan fingerprint density at radius 2 is 1.41 bits per heavy atom. The van der Waals surface area contributed by atoms with Crippen molar-refractivity contribution >= 4 is 25.7 Å². The predicted octanol–water partition coefficient (Wildman–Crippen LogP) is 5.21. The van der Waals surface area contributed by atoms with Crippen LogP contribution >= 0.6 is 7.82 Å². The summed E-state index contributed by atoms with van der Waals surface area (Å²) in [6.45, 7) is 1.64. The average Bonchev–Trinajstić information content (AvgIpc) is 2.88. The molecule has 12 heteroatoms. The number of carbonyl (C=O) groups is 3. The van der Waals surface area contributed by atoms with Crippen LogP contribution in [0, 0.1) is 0 Å². The number of rotatable bonds is 25. The standard InChI is InChI=1S/C27H48NO10P/c1-3-4-5-6-7-8-9-10-11-12-13-14-15-16-17-18-19-26(30)38-24(20-35-23(2)29)21-36-39(33,34)37-22-25(28)27(31)32/h8-9,11-12,24-25H,3-7,10,13-22,28H2,1-2H3,(H,31,32)(H,33,34)/b9-8-,12-11-. The van der Waals surface area contributed by atoms with Gasteiger partial charge in [0.15, 0.2) is 6.10 Å². The minimum Gasteiger partial charge on any atom is -0.480 e. The summed E-state index contributed by atoms with van der Waals surface area (Å²) in [6.07, 6.45) is 20.8. The molecule has 0 aliphatic heterocycles. The lowest BCUT2D eigenvalue weighted by atomic mass is 10.1. The Hall–Kier alpha value is -2.04. The van der Waals surface area contributed by atoms with Crippen LogP contribution in [0.2, 0.25) is 0 Å². The van der Waals surface area contributed by atoms with Crippen LogP contribution in [-0.4, -0.2) is 59.9 Å². The van der Waals surface area contributed by atoms with Gasteiger partial charge in [-0.25, -0.2) is 4.57 Å². The van der Waals surface area contributed by atoms with Crippen LogP contribution in [0.25, 0.3) is 0 Å². The Morgan fingerprint density at radius 3 is 2.00 bits per heavy atom. The Kier molecular flexibility index (Phi) is 22.6. The fourth-order valence-corrected chi connectivity index (χ4v) is 4.07. The average molecular weight is 578 g/mol. The normalized spacial score (nSPS) is 14.8. The van der Waals surface area contributed by atoms with E-state index in [-0.39, 0.29) is 13.0 Å². The summed E-state index contributed by atoms with van der Waals surface area (Å²) in [5.41, 5.74) is 5.22. The van der Waals surface area contributed by atoms with E-state index in [2.05, 4.69) is 35.8 Å². The van der Waals surface area contributed by atoms with E-state index in [0.29, 0.717) is 6.42 Å². The summed E-state index contributed by atoms with van der Waals surface area (Å²) in [5, 5.41) is 8.70. The van der Waals surface area contributed by atoms with Crippen molar-refractivity contribution < 1.29 is 47.5 Å². The van der Waals surface area contributed by atoms with Gasteiger partial charge in [0.25, 0.3) is 0 Å². The predicted molar refractivity (Wildman–Crippen MR) is 148 cm³/mol. The number of esters is 2. The van der Waals surface area contributed by atoms with Crippen molar-refractivity contribution in [3.8, 4) is 0 Å². The molecular formula is C27H48NO10P. The van der Waals surface area contributed by atoms with Gasteiger partial charge in [-0.15, -0.1) is 0 Å². The Morgan fingerprint density at radius 1 is 0.846 bits per heavy atom. The number of nitrogens with two attached hydrogens (primary N) is 1. The summed E-state index contributed by atoms with van der Waals surface area (Å²) >= 11 is 0. The van der Waals surface area contributed by atoms with Crippen molar-refractivity contribution in [2.24, 2.45) is 5.73 Å². The molecule has 3 unspecified atom stereocenters. The molecule has 0 aromatic carbocycles. The molecule has 39 heavy (non-hydrogen) atoms. The van der Waals surface area contributed by atoms with Crippen LogP contribution in [0.1, 0.15) is 97.3 Å². The number of allylic oxidation sites excluding steroid dienone is 4. The van der Waals surface area contributed by atoms with Gasteiger partial charge >= 0.3 is 25.7 Å². The van der Waals surface area contributed by atoms with Gasteiger partial charge in [0.05, 0.1) is 13.2 Å². The molecule has 0 bridgehead atoms. The number of hydrogen-bond acceptors (Lipinski definition) is 9. The summed E-state index contributed by atoms with van der Waals surface area (Å²) in [4.78, 5) is 43.6. The molecule has 0 rings (SSSR count). The maximum atomic E-state index is 12.2. The Bertz CT molecular complexity index is 787. The molecule has 0 fully saturated rings. The van der Waals surface area contributed by atoms with Crippen LogP contribution < -0.4 is 5.73 Å². The number of unbranched alkanes of at least 4 members (excludes halogenated alkanes) is 9. The highest BCUT2D eigenvalue weighted by atomic mass is 31.2. The van der Waals surface area contributed by atoms with Crippen molar-refractivity contribution in [2.45, 2.75) is 109 Å². The first-order valence-electron chi connectivity index (χ1n) is 13.8. The van der Waals surface area contributed by atoms with Crippen molar-refractivity contribution in [2.75, 3.05) is 19.8 Å². The van der Waals surface area contributed by atoms with E-state index < -0.39 is 51.1 Å². The molecule has 3 atom stereocenters. The van der Waals surface area contributed by atoms with E-state index >= 15 is 0 Å². The molecule has 0 amide bonds. The Labute approximate surface area is 232 Å². The summed E-state index contributed by atoms with van der Waals surface area (Å²) in [7, 11) is -4.67. The quantitative estimate of drug-likeness (QED) is 0.0563. The molecule has 0 saturated heterocycles. The molecular weight excluding hydrogens is 529 g/mol. The Balaban J connectivity index is 4.10. The molecule has 0 aromatic rings. The number of carboxylic acid groups (broad SMARTS) is 1. The number of phosphoric ester groups is 1. The number of aliphatic carboxylic acids is 1. The molecule has 0 saturated carbocycles. The van der Waals surface area contributed by atoms with E-state index in [4.69, 9.17) is 24.8 Å². The van der Waals surface area contributed by atoms with E-state index in [0.717, 1.165) is 51.9 Å². The van der Waals surface area contributed by atoms with Crippen LogP contribution in [0.15, 0.2) is 24.3 Å². The van der Waals surface area contributed by atoms with E-state index in [1.54, 1.807) is 0 Å². The molecule has 226 valence electrons. The van der Waals surface area contributed by atoms with E-state index in [1.807, 2.05) is 0 Å². The van der Waals surface area contributed by atoms with Gasteiger partial charge in [0, 0.05) is 13.3 Å². The third kappa shape index (κ3) is 24.7. The number of ether oxygens (including phenoxy) is 2. The second-order valence-corrected chi connectivity index (χ2v) is 10.7. The highest BCUT2D eigenvalue weighted by Gasteiger charge is 2.27. The zero-order valence-electron chi connectivity index (χ0n) is 23.5. The molecule has 0 aromatic heterocycles. The lowest BCUT2D eigenvalue weighted by Gasteiger charge is -2.20. The summed E-state index contributed by atoms with van der Waals surface area (Å²) < 4.78 is 31.2. The summed E-state index contributed by atoms with van der Waals surface area (Å²) in [5.74, 6) is -2.60. The number of carboxylic acids is 1. The first-order valence-corrected chi connectivity index (χ1v) is 15.3. The third-order valence-corrected chi connectivity index (χ3v) is 6.46. The van der Waals surface area contributed by atoms with Crippen molar-refractivity contribution in [3.05, 3.63) is 24.3 Å². The van der Waals surface area contributed by atoms with Crippen LogP contribution in [-0.2, 0) is 37.5 Å². The van der Waals surface area contributed by atoms with Gasteiger partial charge in [0.2, 0.25) is 0 Å². The third-order valence-electron chi connectivity index (χ3n) is 5.51. The smallest absolute Gasteiger partial charge is 0.472 e. The van der Waals surface area contributed by atoms with Gasteiger partial charge < -0.3 is 25.2 Å². The van der Waals surface area contributed by atoms with Crippen molar-refractivity contribution in [3.63, 3.8) is 0 Å². The van der Waals surface area contributed by atoms with Crippen LogP contribution in [0.5, 0.6) is 0 Å². The summed E-state index contributed by atoms with van der Waals surface area (Å²) in [6, 6.07) is -1.52. The molecule has 0 radical (unpaired) electrons. The van der Waals surface area contributed by atoms with Gasteiger partial charge in [0.1, 0.15) is 12.6 Å². The van der Waals surface area contributed by atoms with Crippen molar-refractivity contribution in [1.82, 2.24) is 0 Å². The zero-order valence-corrected chi connectivity index (χ0v) is 24.4. The first kappa shape index (κ1) is 37.0. The van der Waals surface area contributed by atoms with Crippen LogP contribution in [0.3, 0.4) is 0 Å². The maximum Gasteiger partial charge on any atom is 0.472 e. The first-order chi connectivity index (χ1) is 18.6.